The van der Waals surface area contributed by atoms with E-state index < -0.39 is 6.10 Å². The number of nitrogens with zero attached hydrogens (tertiary/aromatic N) is 1. The van der Waals surface area contributed by atoms with Crippen molar-refractivity contribution in [1.82, 2.24) is 4.90 Å². The zero-order valence-corrected chi connectivity index (χ0v) is 9.96. The number of likely N-dealkylation sites (N-methyl/N-ethyl adjacent to an activating group) is 1. The molecule has 1 amide bonds. The van der Waals surface area contributed by atoms with E-state index in [1.165, 1.54) is 11.3 Å². The zero-order chi connectivity index (χ0) is 11.3. The second-order valence-electron chi connectivity index (χ2n) is 3.56. The molecule has 0 aliphatic heterocycles. The first kappa shape index (κ1) is 12.2. The molecule has 4 heteroatoms. The van der Waals surface area contributed by atoms with E-state index in [4.69, 9.17) is 0 Å². The molecule has 1 heterocycles. The zero-order valence-electron chi connectivity index (χ0n) is 9.14. The molecule has 0 saturated carbocycles. The predicted molar refractivity (Wildman–Crippen MR) is 61.8 cm³/mol. The van der Waals surface area contributed by atoms with Crippen LogP contribution in [0.3, 0.4) is 0 Å². The third-order valence-corrected chi connectivity index (χ3v) is 3.18. The summed E-state index contributed by atoms with van der Waals surface area (Å²) in [5.74, 6) is 0.0908. The number of amides is 1. The molecule has 0 fully saturated rings. The van der Waals surface area contributed by atoms with Crippen molar-refractivity contribution in [2.75, 3.05) is 13.6 Å². The molecule has 0 saturated heterocycles. The van der Waals surface area contributed by atoms with Gasteiger partial charge in [0.25, 0.3) is 0 Å². The van der Waals surface area contributed by atoms with Crippen molar-refractivity contribution in [2.45, 2.75) is 25.9 Å². The third-order valence-electron chi connectivity index (χ3n) is 2.21. The lowest BCUT2D eigenvalue weighted by Gasteiger charge is -2.19. The van der Waals surface area contributed by atoms with Gasteiger partial charge in [-0.1, -0.05) is 13.0 Å². The van der Waals surface area contributed by atoms with Gasteiger partial charge < -0.3 is 10.0 Å². The number of hydrogen-bond acceptors (Lipinski definition) is 3. The Morgan fingerprint density at radius 1 is 1.67 bits per heavy atom. The van der Waals surface area contributed by atoms with Crippen molar-refractivity contribution in [3.63, 3.8) is 0 Å². The molecule has 15 heavy (non-hydrogen) atoms. The van der Waals surface area contributed by atoms with Crippen molar-refractivity contribution >= 4 is 17.2 Å². The molecule has 0 bridgehead atoms. The third kappa shape index (κ3) is 3.64. The second-order valence-corrected chi connectivity index (χ2v) is 4.53. The van der Waals surface area contributed by atoms with Crippen LogP contribution in [0.15, 0.2) is 17.5 Å². The van der Waals surface area contributed by atoms with Gasteiger partial charge in [0.2, 0.25) is 5.91 Å². The first-order chi connectivity index (χ1) is 7.15. The Bertz CT molecular complexity index is 298. The standard InChI is InChI=1S/C11H17NO2S/c1-3-5-11(14)12(2)8-9(13)10-6-4-7-15-10/h4,6-7,9,13H,3,5,8H2,1-2H3. The van der Waals surface area contributed by atoms with Crippen LogP contribution in [0.5, 0.6) is 0 Å². The Balaban J connectivity index is 2.44. The summed E-state index contributed by atoms with van der Waals surface area (Å²) in [5, 5.41) is 11.7. The average molecular weight is 227 g/mol. The molecular weight excluding hydrogens is 210 g/mol. The monoisotopic (exact) mass is 227 g/mol. The van der Waals surface area contributed by atoms with E-state index in [-0.39, 0.29) is 5.91 Å². The lowest BCUT2D eigenvalue weighted by atomic mass is 10.2. The average Bonchev–Trinajstić information content (AvgIpc) is 2.70. The van der Waals surface area contributed by atoms with Crippen LogP contribution in [-0.4, -0.2) is 29.5 Å². The van der Waals surface area contributed by atoms with Gasteiger partial charge in [-0.3, -0.25) is 4.79 Å². The molecule has 84 valence electrons. The van der Waals surface area contributed by atoms with E-state index in [0.717, 1.165) is 11.3 Å². The first-order valence-electron chi connectivity index (χ1n) is 5.10. The molecule has 0 aliphatic carbocycles. The Labute approximate surface area is 94.3 Å². The molecule has 0 radical (unpaired) electrons. The van der Waals surface area contributed by atoms with E-state index in [9.17, 15) is 9.90 Å². The van der Waals surface area contributed by atoms with E-state index in [0.29, 0.717) is 13.0 Å². The Morgan fingerprint density at radius 3 is 2.93 bits per heavy atom. The fourth-order valence-electron chi connectivity index (χ4n) is 1.34. The SMILES string of the molecule is CCCC(=O)N(C)CC(O)c1cccs1. The number of rotatable bonds is 5. The summed E-state index contributed by atoms with van der Waals surface area (Å²) in [6.07, 6.45) is 0.835. The predicted octanol–water partition coefficient (Wildman–Crippen LogP) is 2.04. The summed E-state index contributed by atoms with van der Waals surface area (Å²) in [6, 6.07) is 3.78. The number of carbonyl (C=O) groups is 1. The minimum absolute atomic E-state index is 0.0908. The highest BCUT2D eigenvalue weighted by molar-refractivity contribution is 7.10. The fraction of sp³-hybridized carbons (Fsp3) is 0.545. The number of carbonyl (C=O) groups excluding carboxylic acids is 1. The van der Waals surface area contributed by atoms with Crippen LogP contribution in [0, 0.1) is 0 Å². The van der Waals surface area contributed by atoms with Gasteiger partial charge in [0.05, 0.1) is 6.54 Å². The largest absolute Gasteiger partial charge is 0.386 e. The molecule has 0 aliphatic rings. The molecule has 1 N–H and O–H groups in total. The van der Waals surface area contributed by atoms with Gasteiger partial charge >= 0.3 is 0 Å². The molecule has 0 spiro atoms. The van der Waals surface area contributed by atoms with Crippen LogP contribution in [0.2, 0.25) is 0 Å². The summed E-state index contributed by atoms with van der Waals surface area (Å²) in [5.41, 5.74) is 0. The number of aliphatic hydroxyl groups excluding tert-OH is 1. The van der Waals surface area contributed by atoms with Gasteiger partial charge in [-0.05, 0) is 17.9 Å². The number of thiophene rings is 1. The smallest absolute Gasteiger partial charge is 0.222 e. The van der Waals surface area contributed by atoms with Crippen LogP contribution in [0.4, 0.5) is 0 Å². The molecule has 1 aromatic rings. The summed E-state index contributed by atoms with van der Waals surface area (Å²) >= 11 is 1.51. The topological polar surface area (TPSA) is 40.5 Å². The fourth-order valence-corrected chi connectivity index (χ4v) is 2.04. The minimum Gasteiger partial charge on any atom is -0.386 e. The second kappa shape index (κ2) is 5.88. The molecule has 3 nitrogen and oxygen atoms in total. The molecular formula is C11H17NO2S. The van der Waals surface area contributed by atoms with Crippen molar-refractivity contribution in [3.8, 4) is 0 Å². The van der Waals surface area contributed by atoms with Crippen molar-refractivity contribution < 1.29 is 9.90 Å². The first-order valence-corrected chi connectivity index (χ1v) is 5.98. The van der Waals surface area contributed by atoms with E-state index in [2.05, 4.69) is 0 Å². The quantitative estimate of drug-likeness (QED) is 0.836. The molecule has 1 atom stereocenters. The van der Waals surface area contributed by atoms with Crippen LogP contribution < -0.4 is 0 Å². The molecule has 1 aromatic heterocycles. The van der Waals surface area contributed by atoms with Gasteiger partial charge in [-0.25, -0.2) is 0 Å². The van der Waals surface area contributed by atoms with Crippen LogP contribution in [0.25, 0.3) is 0 Å². The Hall–Kier alpha value is -0.870. The number of aliphatic hydroxyl groups is 1. The molecule has 1 rings (SSSR count). The molecule has 0 aromatic carbocycles. The van der Waals surface area contributed by atoms with Crippen molar-refractivity contribution in [2.24, 2.45) is 0 Å². The normalized spacial score (nSPS) is 12.5. The summed E-state index contributed by atoms with van der Waals surface area (Å²) in [7, 11) is 1.73. The van der Waals surface area contributed by atoms with Crippen LogP contribution in [-0.2, 0) is 4.79 Å². The van der Waals surface area contributed by atoms with Gasteiger partial charge in [-0.15, -0.1) is 11.3 Å². The highest BCUT2D eigenvalue weighted by atomic mass is 32.1. The van der Waals surface area contributed by atoms with Crippen molar-refractivity contribution in [1.29, 1.82) is 0 Å². The summed E-state index contributed by atoms with van der Waals surface area (Å²) in [4.78, 5) is 14.0. The van der Waals surface area contributed by atoms with Crippen LogP contribution in [0.1, 0.15) is 30.7 Å². The van der Waals surface area contributed by atoms with E-state index in [1.807, 2.05) is 24.4 Å². The van der Waals surface area contributed by atoms with Gasteiger partial charge in [0.1, 0.15) is 6.10 Å². The lowest BCUT2D eigenvalue weighted by Crippen LogP contribution is -2.30. The van der Waals surface area contributed by atoms with Gasteiger partial charge in [0.15, 0.2) is 0 Å². The highest BCUT2D eigenvalue weighted by Crippen LogP contribution is 2.19. The maximum Gasteiger partial charge on any atom is 0.222 e. The van der Waals surface area contributed by atoms with Crippen molar-refractivity contribution in [3.05, 3.63) is 22.4 Å². The lowest BCUT2D eigenvalue weighted by molar-refractivity contribution is -0.131. The Morgan fingerprint density at radius 2 is 2.40 bits per heavy atom. The summed E-state index contributed by atoms with van der Waals surface area (Å²) < 4.78 is 0. The van der Waals surface area contributed by atoms with Gasteiger partial charge in [-0.2, -0.15) is 0 Å². The van der Waals surface area contributed by atoms with E-state index >= 15 is 0 Å². The Kier molecular flexibility index (Phi) is 4.78. The number of hydrogen-bond donors (Lipinski definition) is 1. The minimum atomic E-state index is -0.559. The maximum atomic E-state index is 11.5. The van der Waals surface area contributed by atoms with E-state index in [1.54, 1.807) is 11.9 Å². The maximum absolute atomic E-state index is 11.5. The van der Waals surface area contributed by atoms with Gasteiger partial charge in [0, 0.05) is 18.3 Å². The molecule has 1 unspecified atom stereocenters. The summed E-state index contributed by atoms with van der Waals surface area (Å²) in [6.45, 7) is 2.35. The van der Waals surface area contributed by atoms with Crippen LogP contribution >= 0.6 is 11.3 Å². The highest BCUT2D eigenvalue weighted by Gasteiger charge is 2.14.